The minimum absolute atomic E-state index is 0.552. The van der Waals surface area contributed by atoms with Crippen molar-refractivity contribution in [2.24, 2.45) is 10.3 Å². The average Bonchev–Trinajstić information content (AvgIpc) is 2.45. The Kier molecular flexibility index (Phi) is 6.60. The molecule has 5 heteroatoms. The summed E-state index contributed by atoms with van der Waals surface area (Å²) in [6.45, 7) is 5.44. The lowest BCUT2D eigenvalue weighted by atomic mass is 10.1. The van der Waals surface area contributed by atoms with Crippen LogP contribution in [0.25, 0.3) is 0 Å². The minimum Gasteiger partial charge on any atom is -0.411 e. The van der Waals surface area contributed by atoms with Crippen molar-refractivity contribution < 1.29 is 10.4 Å². The van der Waals surface area contributed by atoms with Crippen molar-refractivity contribution in [3.05, 3.63) is 35.9 Å². The van der Waals surface area contributed by atoms with Crippen molar-refractivity contribution in [3.8, 4) is 0 Å². The highest BCUT2D eigenvalue weighted by molar-refractivity contribution is 5.86. The van der Waals surface area contributed by atoms with E-state index in [-0.39, 0.29) is 0 Å². The monoisotopic (exact) mass is 263 g/mol. The van der Waals surface area contributed by atoms with E-state index in [9.17, 15) is 0 Å². The van der Waals surface area contributed by atoms with E-state index in [1.165, 1.54) is 5.56 Å². The Morgan fingerprint density at radius 3 is 2.00 bits per heavy atom. The molecule has 0 unspecified atom stereocenters. The molecule has 5 nitrogen and oxygen atoms in total. The molecule has 1 aromatic rings. The lowest BCUT2D eigenvalue weighted by Gasteiger charge is -2.21. The molecule has 1 aromatic carbocycles. The first-order valence-electron chi connectivity index (χ1n) is 6.27. The molecule has 0 aliphatic heterocycles. The molecular weight excluding hydrogens is 242 g/mol. The van der Waals surface area contributed by atoms with Crippen molar-refractivity contribution in [1.29, 1.82) is 0 Å². The molecular formula is C14H21N3O2. The van der Waals surface area contributed by atoms with Gasteiger partial charge >= 0.3 is 0 Å². The van der Waals surface area contributed by atoms with E-state index in [1.807, 2.05) is 18.2 Å². The summed E-state index contributed by atoms with van der Waals surface area (Å²) in [6, 6.07) is 10.2. The summed E-state index contributed by atoms with van der Waals surface area (Å²) in [5, 5.41) is 23.9. The number of oxime groups is 2. The number of rotatable bonds is 7. The first-order chi connectivity index (χ1) is 9.15. The third-order valence-corrected chi connectivity index (χ3v) is 2.81. The zero-order valence-electron chi connectivity index (χ0n) is 11.5. The van der Waals surface area contributed by atoms with Crippen LogP contribution in [-0.2, 0) is 6.42 Å². The van der Waals surface area contributed by atoms with E-state index in [0.717, 1.165) is 13.0 Å². The van der Waals surface area contributed by atoms with Crippen molar-refractivity contribution >= 4 is 11.4 Å². The van der Waals surface area contributed by atoms with Crippen LogP contribution < -0.4 is 0 Å². The largest absolute Gasteiger partial charge is 0.411 e. The van der Waals surface area contributed by atoms with E-state index in [0.29, 0.717) is 24.5 Å². The van der Waals surface area contributed by atoms with Crippen LogP contribution >= 0.6 is 0 Å². The molecule has 0 bridgehead atoms. The lowest BCUT2D eigenvalue weighted by molar-refractivity contribution is 0.299. The smallest absolute Gasteiger partial charge is 0.0680 e. The molecule has 0 aliphatic carbocycles. The SMILES string of the molecule is C/C(CN(CCc1ccccc1)C/C(C)=N/O)=N\O. The summed E-state index contributed by atoms with van der Waals surface area (Å²) in [7, 11) is 0. The molecule has 0 aliphatic rings. The molecule has 0 fully saturated rings. The van der Waals surface area contributed by atoms with Crippen LogP contribution in [0.2, 0.25) is 0 Å². The van der Waals surface area contributed by atoms with Gasteiger partial charge in [-0.1, -0.05) is 40.6 Å². The normalized spacial score (nSPS) is 13.0. The van der Waals surface area contributed by atoms with Gasteiger partial charge in [-0.05, 0) is 25.8 Å². The minimum atomic E-state index is 0.552. The van der Waals surface area contributed by atoms with Gasteiger partial charge in [0.25, 0.3) is 0 Å². The molecule has 0 aromatic heterocycles. The average molecular weight is 263 g/mol. The van der Waals surface area contributed by atoms with Crippen molar-refractivity contribution in [2.45, 2.75) is 20.3 Å². The van der Waals surface area contributed by atoms with Crippen LogP contribution in [0.5, 0.6) is 0 Å². The molecule has 0 spiro atoms. The van der Waals surface area contributed by atoms with E-state index in [4.69, 9.17) is 10.4 Å². The molecule has 104 valence electrons. The zero-order chi connectivity index (χ0) is 14.1. The third kappa shape index (κ3) is 6.01. The Bertz CT molecular complexity index is 410. The van der Waals surface area contributed by atoms with Gasteiger partial charge in [-0.2, -0.15) is 0 Å². The molecule has 2 N–H and O–H groups in total. The maximum absolute atomic E-state index is 8.74. The van der Waals surface area contributed by atoms with E-state index in [2.05, 4.69) is 27.3 Å². The topological polar surface area (TPSA) is 68.4 Å². The van der Waals surface area contributed by atoms with Crippen molar-refractivity contribution in [2.75, 3.05) is 19.6 Å². The molecule has 0 saturated carbocycles. The second kappa shape index (κ2) is 8.26. The Morgan fingerprint density at radius 1 is 1.00 bits per heavy atom. The molecule has 0 atom stereocenters. The van der Waals surface area contributed by atoms with Gasteiger partial charge in [-0.15, -0.1) is 0 Å². The number of hydrogen-bond donors (Lipinski definition) is 2. The summed E-state index contributed by atoms with van der Waals surface area (Å²) in [4.78, 5) is 2.08. The van der Waals surface area contributed by atoms with Gasteiger partial charge in [-0.25, -0.2) is 0 Å². The molecule has 0 saturated heterocycles. The van der Waals surface area contributed by atoms with Gasteiger partial charge in [0.15, 0.2) is 0 Å². The van der Waals surface area contributed by atoms with Gasteiger partial charge in [-0.3, -0.25) is 4.90 Å². The predicted molar refractivity (Wildman–Crippen MR) is 76.4 cm³/mol. The van der Waals surface area contributed by atoms with E-state index in [1.54, 1.807) is 13.8 Å². The molecule has 19 heavy (non-hydrogen) atoms. The van der Waals surface area contributed by atoms with Gasteiger partial charge in [0.05, 0.1) is 11.4 Å². The number of nitrogens with zero attached hydrogens (tertiary/aromatic N) is 3. The second-order valence-electron chi connectivity index (χ2n) is 4.62. The van der Waals surface area contributed by atoms with Crippen LogP contribution in [0.4, 0.5) is 0 Å². The van der Waals surface area contributed by atoms with Gasteiger partial charge < -0.3 is 10.4 Å². The fraction of sp³-hybridized carbons (Fsp3) is 0.429. The van der Waals surface area contributed by atoms with E-state index < -0.39 is 0 Å². The summed E-state index contributed by atoms with van der Waals surface area (Å²) in [6.07, 6.45) is 0.901. The van der Waals surface area contributed by atoms with Crippen LogP contribution in [0.3, 0.4) is 0 Å². The fourth-order valence-electron chi connectivity index (χ4n) is 1.86. The van der Waals surface area contributed by atoms with Crippen molar-refractivity contribution in [3.63, 3.8) is 0 Å². The van der Waals surface area contributed by atoms with Gasteiger partial charge in [0.1, 0.15) is 0 Å². The molecule has 0 amide bonds. The Labute approximate surface area is 113 Å². The second-order valence-corrected chi connectivity index (χ2v) is 4.62. The summed E-state index contributed by atoms with van der Waals surface area (Å²) >= 11 is 0. The van der Waals surface area contributed by atoms with Crippen LogP contribution in [0, 0.1) is 0 Å². The van der Waals surface area contributed by atoms with Crippen LogP contribution in [-0.4, -0.2) is 46.4 Å². The number of benzene rings is 1. The Morgan fingerprint density at radius 2 is 1.53 bits per heavy atom. The Hall–Kier alpha value is -1.88. The molecule has 1 rings (SSSR count). The fourth-order valence-corrected chi connectivity index (χ4v) is 1.86. The van der Waals surface area contributed by atoms with E-state index >= 15 is 0 Å². The highest BCUT2D eigenvalue weighted by atomic mass is 16.4. The summed E-state index contributed by atoms with van der Waals surface area (Å²) < 4.78 is 0. The van der Waals surface area contributed by atoms with Gasteiger partial charge in [0, 0.05) is 19.6 Å². The third-order valence-electron chi connectivity index (χ3n) is 2.81. The highest BCUT2D eigenvalue weighted by Crippen LogP contribution is 2.02. The highest BCUT2D eigenvalue weighted by Gasteiger charge is 2.09. The first-order valence-corrected chi connectivity index (χ1v) is 6.27. The molecule has 0 radical (unpaired) electrons. The predicted octanol–water partition coefficient (Wildman–Crippen LogP) is 2.23. The first kappa shape index (κ1) is 15.2. The van der Waals surface area contributed by atoms with Crippen LogP contribution in [0.1, 0.15) is 19.4 Å². The molecule has 0 heterocycles. The maximum Gasteiger partial charge on any atom is 0.0680 e. The summed E-state index contributed by atoms with van der Waals surface area (Å²) in [5.74, 6) is 0. The van der Waals surface area contributed by atoms with Crippen molar-refractivity contribution in [1.82, 2.24) is 4.90 Å². The summed E-state index contributed by atoms with van der Waals surface area (Å²) in [5.41, 5.74) is 2.53. The quantitative estimate of drug-likeness (QED) is 0.450. The maximum atomic E-state index is 8.74. The zero-order valence-corrected chi connectivity index (χ0v) is 11.5. The van der Waals surface area contributed by atoms with Gasteiger partial charge in [0.2, 0.25) is 0 Å². The Balaban J connectivity index is 2.58. The standard InChI is InChI=1S/C14H21N3O2/c1-12(15-18)10-17(11-13(2)16-19)9-8-14-6-4-3-5-7-14/h3-7,18-19H,8-11H2,1-2H3/b15-12+,16-13+. The van der Waals surface area contributed by atoms with Crippen LogP contribution in [0.15, 0.2) is 40.6 Å². The lowest BCUT2D eigenvalue weighted by Crippen LogP contribution is -2.34. The number of hydrogen-bond acceptors (Lipinski definition) is 5.